The van der Waals surface area contributed by atoms with E-state index in [-0.39, 0.29) is 5.91 Å². The molecule has 0 aliphatic carbocycles. The van der Waals surface area contributed by atoms with Gasteiger partial charge in [-0.3, -0.25) is 4.79 Å². The smallest absolute Gasteiger partial charge is 0.253 e. The van der Waals surface area contributed by atoms with Gasteiger partial charge in [-0.25, -0.2) is 9.97 Å². The topological polar surface area (TPSA) is 61.8 Å². The number of para-hydroxylation sites is 2. The maximum atomic E-state index is 13.4. The van der Waals surface area contributed by atoms with Gasteiger partial charge in [-0.1, -0.05) is 54.6 Å². The number of anilines is 2. The monoisotopic (exact) mass is 565 g/mol. The van der Waals surface area contributed by atoms with Crippen molar-refractivity contribution in [2.45, 2.75) is 37.6 Å². The van der Waals surface area contributed by atoms with E-state index in [1.807, 2.05) is 60.4 Å². The molecule has 0 saturated carbocycles. The van der Waals surface area contributed by atoms with Gasteiger partial charge in [0.2, 0.25) is 0 Å². The number of hydrogen-bond donors (Lipinski definition) is 0. The summed E-state index contributed by atoms with van der Waals surface area (Å²) < 4.78 is 5.81. The number of rotatable bonds is 8. The third-order valence-electron chi connectivity index (χ3n) is 7.38. The van der Waals surface area contributed by atoms with Gasteiger partial charge in [0.1, 0.15) is 16.7 Å². The van der Waals surface area contributed by atoms with E-state index in [9.17, 15) is 4.79 Å². The number of carbonyl (C=O) groups excluding carboxylic acids is 1. The lowest BCUT2D eigenvalue weighted by atomic mass is 9.99. The summed E-state index contributed by atoms with van der Waals surface area (Å²) in [5.74, 6) is 3.28. The molecule has 7 nitrogen and oxygen atoms in total. The van der Waals surface area contributed by atoms with E-state index in [0.717, 1.165) is 54.9 Å². The van der Waals surface area contributed by atoms with E-state index in [4.69, 9.17) is 21.3 Å². The van der Waals surface area contributed by atoms with Crippen molar-refractivity contribution in [3.05, 3.63) is 70.9 Å². The number of ether oxygens (including phenoxy) is 1. The molecule has 0 N–H and O–H groups in total. The summed E-state index contributed by atoms with van der Waals surface area (Å²) >= 11 is 7.90. The van der Waals surface area contributed by atoms with Crippen LogP contribution in [0.25, 0.3) is 0 Å². The quantitative estimate of drug-likeness (QED) is 0.188. The minimum Gasteiger partial charge on any atom is -0.492 e. The van der Waals surface area contributed by atoms with Crippen LogP contribution in [0.15, 0.2) is 59.8 Å². The summed E-state index contributed by atoms with van der Waals surface area (Å²) in [5.41, 5.74) is 2.87. The molecule has 2 saturated heterocycles. The van der Waals surface area contributed by atoms with Gasteiger partial charge in [0.25, 0.3) is 5.91 Å². The fourth-order valence-corrected chi connectivity index (χ4v) is 6.14. The molecule has 1 amide bonds. The Morgan fingerprint density at radius 1 is 0.974 bits per heavy atom. The second-order valence-electron chi connectivity index (χ2n) is 10.2. The Morgan fingerprint density at radius 3 is 2.51 bits per heavy atom. The molecule has 1 aromatic heterocycles. The van der Waals surface area contributed by atoms with E-state index in [2.05, 4.69) is 27.8 Å². The molecule has 206 valence electrons. The molecule has 3 heterocycles. The van der Waals surface area contributed by atoms with Gasteiger partial charge in [-0.15, -0.1) is 0 Å². The largest absolute Gasteiger partial charge is 0.492 e. The molecule has 2 fully saturated rings. The average molecular weight is 566 g/mol. The molecule has 0 atom stereocenters. The summed E-state index contributed by atoms with van der Waals surface area (Å²) in [4.78, 5) is 29.1. The number of halogens is 1. The Labute approximate surface area is 240 Å². The van der Waals surface area contributed by atoms with Gasteiger partial charge >= 0.3 is 0 Å². The normalized spacial score (nSPS) is 16.4. The lowest BCUT2D eigenvalue weighted by Gasteiger charge is -2.36. The average Bonchev–Trinajstić information content (AvgIpc) is 2.96. The standard InChI is InChI=1S/C30H36ClN5O2S/c1-3-38-26-10-5-4-9-25(26)34-15-17-36(18-16-34)29(37)24-8-6-7-23(19-24)21-39-30-32-27(31)20-28(33-30)35-13-11-22(2)12-14-35/h4-10,19-20,22H,3,11-18,21H2,1-2H3. The van der Waals surface area contributed by atoms with Crippen LogP contribution in [0.3, 0.4) is 0 Å². The molecular formula is C30H36ClN5O2S. The zero-order valence-electron chi connectivity index (χ0n) is 22.7. The first-order valence-corrected chi connectivity index (χ1v) is 15.1. The molecule has 9 heteroatoms. The van der Waals surface area contributed by atoms with Gasteiger partial charge in [-0.05, 0) is 55.5 Å². The number of benzene rings is 2. The van der Waals surface area contributed by atoms with Crippen LogP contribution in [-0.4, -0.2) is 66.7 Å². The highest BCUT2D eigenvalue weighted by molar-refractivity contribution is 7.98. The number of thioether (sulfide) groups is 1. The van der Waals surface area contributed by atoms with Crippen LogP contribution in [0.4, 0.5) is 11.5 Å². The summed E-state index contributed by atoms with van der Waals surface area (Å²) in [6.45, 7) is 9.81. The minimum atomic E-state index is 0.0696. The highest BCUT2D eigenvalue weighted by atomic mass is 35.5. The zero-order valence-corrected chi connectivity index (χ0v) is 24.3. The summed E-state index contributed by atoms with van der Waals surface area (Å²) in [6.07, 6.45) is 2.33. The summed E-state index contributed by atoms with van der Waals surface area (Å²) in [7, 11) is 0. The zero-order chi connectivity index (χ0) is 27.2. The first-order chi connectivity index (χ1) is 19.0. The molecule has 0 unspecified atom stereocenters. The Morgan fingerprint density at radius 2 is 1.74 bits per heavy atom. The number of carbonyl (C=O) groups is 1. The predicted octanol–water partition coefficient (Wildman–Crippen LogP) is 6.02. The van der Waals surface area contributed by atoms with Crippen LogP contribution in [0.1, 0.15) is 42.6 Å². The second kappa shape index (κ2) is 12.9. The molecule has 2 aliphatic rings. The lowest BCUT2D eigenvalue weighted by Crippen LogP contribution is -2.48. The van der Waals surface area contributed by atoms with Gasteiger partial charge in [0, 0.05) is 56.7 Å². The lowest BCUT2D eigenvalue weighted by molar-refractivity contribution is 0.0746. The van der Waals surface area contributed by atoms with Crippen molar-refractivity contribution >= 4 is 40.8 Å². The van der Waals surface area contributed by atoms with E-state index in [0.29, 0.717) is 41.3 Å². The van der Waals surface area contributed by atoms with Crippen molar-refractivity contribution < 1.29 is 9.53 Å². The van der Waals surface area contributed by atoms with E-state index in [1.165, 1.54) is 12.8 Å². The fourth-order valence-electron chi connectivity index (χ4n) is 5.12. The second-order valence-corrected chi connectivity index (χ2v) is 11.5. The van der Waals surface area contributed by atoms with Crippen LogP contribution in [0.2, 0.25) is 5.15 Å². The van der Waals surface area contributed by atoms with Crippen LogP contribution < -0.4 is 14.5 Å². The molecule has 39 heavy (non-hydrogen) atoms. The van der Waals surface area contributed by atoms with Crippen molar-refractivity contribution in [3.8, 4) is 5.75 Å². The van der Waals surface area contributed by atoms with E-state index < -0.39 is 0 Å². The molecule has 0 radical (unpaired) electrons. The SMILES string of the molecule is CCOc1ccccc1N1CCN(C(=O)c2cccc(CSc3nc(Cl)cc(N4CCC(C)CC4)n3)c2)CC1. The summed E-state index contributed by atoms with van der Waals surface area (Å²) in [5, 5.41) is 1.13. The van der Waals surface area contributed by atoms with Crippen LogP contribution >= 0.6 is 23.4 Å². The number of aromatic nitrogens is 2. The van der Waals surface area contributed by atoms with Crippen LogP contribution in [0.5, 0.6) is 5.75 Å². The number of piperidine rings is 1. The first kappa shape index (κ1) is 27.6. The summed E-state index contributed by atoms with van der Waals surface area (Å²) in [6, 6.07) is 17.9. The Balaban J connectivity index is 1.19. The third-order valence-corrected chi connectivity index (χ3v) is 8.50. The molecule has 2 aromatic carbocycles. The number of amides is 1. The Kier molecular flexibility index (Phi) is 9.14. The molecule has 0 bridgehead atoms. The molecule has 2 aliphatic heterocycles. The molecular weight excluding hydrogens is 530 g/mol. The van der Waals surface area contributed by atoms with Gasteiger partial charge in [0.15, 0.2) is 5.16 Å². The molecule has 0 spiro atoms. The Bertz CT molecular complexity index is 1280. The van der Waals surface area contributed by atoms with Crippen molar-refractivity contribution in [1.82, 2.24) is 14.9 Å². The predicted molar refractivity (Wildman–Crippen MR) is 159 cm³/mol. The maximum absolute atomic E-state index is 13.4. The number of hydrogen-bond acceptors (Lipinski definition) is 7. The van der Waals surface area contributed by atoms with Crippen LogP contribution in [0, 0.1) is 5.92 Å². The minimum absolute atomic E-state index is 0.0696. The highest BCUT2D eigenvalue weighted by Gasteiger charge is 2.24. The third kappa shape index (κ3) is 6.97. The highest BCUT2D eigenvalue weighted by Crippen LogP contribution is 2.30. The van der Waals surface area contributed by atoms with E-state index >= 15 is 0 Å². The van der Waals surface area contributed by atoms with Crippen LogP contribution in [-0.2, 0) is 5.75 Å². The number of nitrogens with zero attached hydrogens (tertiary/aromatic N) is 5. The maximum Gasteiger partial charge on any atom is 0.253 e. The van der Waals surface area contributed by atoms with Gasteiger partial charge < -0.3 is 19.4 Å². The number of piperazine rings is 1. The Hall–Kier alpha value is -2.97. The fraction of sp³-hybridized carbons (Fsp3) is 0.433. The van der Waals surface area contributed by atoms with Crippen molar-refractivity contribution in [2.24, 2.45) is 5.92 Å². The van der Waals surface area contributed by atoms with Crippen molar-refractivity contribution in [2.75, 3.05) is 55.7 Å². The van der Waals surface area contributed by atoms with Gasteiger partial charge in [0.05, 0.1) is 12.3 Å². The molecule has 5 rings (SSSR count). The molecule has 3 aromatic rings. The van der Waals surface area contributed by atoms with Gasteiger partial charge in [-0.2, -0.15) is 0 Å². The van der Waals surface area contributed by atoms with E-state index in [1.54, 1.807) is 11.8 Å². The van der Waals surface area contributed by atoms with Crippen molar-refractivity contribution in [1.29, 1.82) is 0 Å². The van der Waals surface area contributed by atoms with Crippen molar-refractivity contribution in [3.63, 3.8) is 0 Å². The first-order valence-electron chi connectivity index (χ1n) is 13.8.